The van der Waals surface area contributed by atoms with Gasteiger partial charge in [-0.25, -0.2) is 4.79 Å². The molecule has 1 saturated carbocycles. The molecule has 1 aliphatic carbocycles. The fourth-order valence-corrected chi connectivity index (χ4v) is 5.40. The molecular weight excluding hydrogens is 348 g/mol. The lowest BCUT2D eigenvalue weighted by molar-refractivity contribution is 0.152. The first kappa shape index (κ1) is 19.5. The second-order valence-corrected chi connectivity index (χ2v) is 8.86. The summed E-state index contributed by atoms with van der Waals surface area (Å²) >= 11 is 0. The zero-order valence-electron chi connectivity index (χ0n) is 17.1. The number of likely N-dealkylation sites (tertiary alicyclic amines) is 1. The second-order valence-electron chi connectivity index (χ2n) is 8.86. The monoisotopic (exact) mass is 382 g/mol. The van der Waals surface area contributed by atoms with E-state index in [2.05, 4.69) is 28.6 Å². The van der Waals surface area contributed by atoms with Crippen molar-refractivity contribution < 1.29 is 0 Å². The number of aromatic nitrogens is 2. The van der Waals surface area contributed by atoms with Crippen molar-refractivity contribution in [2.75, 3.05) is 26.2 Å². The Morgan fingerprint density at radius 3 is 2.46 bits per heavy atom. The van der Waals surface area contributed by atoms with Crippen LogP contribution in [0.15, 0.2) is 23.5 Å². The molecule has 1 aromatic carbocycles. The summed E-state index contributed by atoms with van der Waals surface area (Å²) in [7, 11) is 1.83. The summed E-state index contributed by atoms with van der Waals surface area (Å²) in [5, 5.41) is 0. The summed E-state index contributed by atoms with van der Waals surface area (Å²) in [5.74, 6) is 2.17. The molecule has 0 bridgehead atoms. The molecule has 2 aliphatic rings. The number of nitrogens with one attached hydrogen (secondary N) is 1. The van der Waals surface area contributed by atoms with Crippen molar-refractivity contribution in [1.82, 2.24) is 14.5 Å². The van der Waals surface area contributed by atoms with Crippen LogP contribution in [-0.2, 0) is 7.05 Å². The smallest absolute Gasteiger partial charge is 0.326 e. The molecule has 2 heterocycles. The lowest BCUT2D eigenvalue weighted by Gasteiger charge is -2.37. The number of benzene rings is 1. The minimum absolute atomic E-state index is 0.0607. The Morgan fingerprint density at radius 2 is 1.82 bits per heavy atom. The number of imidazole rings is 1. The van der Waals surface area contributed by atoms with Crippen LogP contribution in [-0.4, -0.2) is 40.6 Å². The molecule has 4 rings (SSSR count). The number of aryl methyl sites for hydroxylation is 1. The first-order chi connectivity index (χ1) is 13.6. The third kappa shape index (κ3) is 3.70. The Bertz CT molecular complexity index is 880. The molecule has 5 nitrogen and oxygen atoms in total. The van der Waals surface area contributed by atoms with Gasteiger partial charge in [-0.2, -0.15) is 0 Å². The van der Waals surface area contributed by atoms with Gasteiger partial charge in [0.1, 0.15) is 0 Å². The zero-order chi connectivity index (χ0) is 19.7. The highest BCUT2D eigenvalue weighted by atomic mass is 16.1. The number of hydrogen-bond donors (Lipinski definition) is 2. The molecule has 5 heteroatoms. The molecule has 0 amide bonds. The number of rotatable bonds is 5. The lowest BCUT2D eigenvalue weighted by Crippen LogP contribution is -2.38. The first-order valence-corrected chi connectivity index (χ1v) is 10.9. The van der Waals surface area contributed by atoms with E-state index in [9.17, 15) is 4.79 Å². The number of fused-ring (bicyclic) bond motifs is 1. The fraction of sp³-hybridized carbons (Fsp3) is 0.609. The van der Waals surface area contributed by atoms with Crippen molar-refractivity contribution in [3.05, 3.63) is 40.3 Å². The van der Waals surface area contributed by atoms with Crippen LogP contribution in [0.4, 0.5) is 0 Å². The number of hydrogen-bond acceptors (Lipinski definition) is 3. The molecule has 2 fully saturated rings. The number of nitrogens with zero attached hydrogens (tertiary/aromatic N) is 2. The van der Waals surface area contributed by atoms with Gasteiger partial charge in [-0.15, -0.1) is 0 Å². The second kappa shape index (κ2) is 8.26. The molecule has 0 radical (unpaired) electrons. The van der Waals surface area contributed by atoms with Crippen LogP contribution in [0.3, 0.4) is 0 Å². The molecule has 28 heavy (non-hydrogen) atoms. The molecule has 2 aromatic rings. The summed E-state index contributed by atoms with van der Waals surface area (Å²) < 4.78 is 1.71. The Labute approximate surface area is 167 Å². The summed E-state index contributed by atoms with van der Waals surface area (Å²) in [5.41, 5.74) is 10.1. The van der Waals surface area contributed by atoms with Crippen LogP contribution in [0.1, 0.15) is 55.6 Å². The van der Waals surface area contributed by atoms with Gasteiger partial charge < -0.3 is 15.6 Å². The predicted molar refractivity (Wildman–Crippen MR) is 117 cm³/mol. The summed E-state index contributed by atoms with van der Waals surface area (Å²) in [6.45, 7) is 8.50. The average Bonchev–Trinajstić information content (AvgIpc) is 3.02. The number of piperidine rings is 1. The highest BCUT2D eigenvalue weighted by Crippen LogP contribution is 2.35. The van der Waals surface area contributed by atoms with E-state index in [1.165, 1.54) is 63.7 Å². The maximum absolute atomic E-state index is 12.0. The van der Waals surface area contributed by atoms with Crippen LogP contribution in [0.5, 0.6) is 0 Å². The van der Waals surface area contributed by atoms with Gasteiger partial charge in [0.25, 0.3) is 0 Å². The first-order valence-electron chi connectivity index (χ1n) is 10.9. The Balaban J connectivity index is 1.42. The summed E-state index contributed by atoms with van der Waals surface area (Å²) in [6, 6.07) is 4.25. The zero-order valence-corrected chi connectivity index (χ0v) is 17.1. The molecule has 3 N–H and O–H groups in total. The van der Waals surface area contributed by atoms with Gasteiger partial charge >= 0.3 is 5.69 Å². The van der Waals surface area contributed by atoms with Gasteiger partial charge in [0.15, 0.2) is 0 Å². The van der Waals surface area contributed by atoms with Crippen molar-refractivity contribution >= 4 is 17.1 Å². The van der Waals surface area contributed by atoms with Crippen LogP contribution >= 0.6 is 0 Å². The molecule has 152 valence electrons. The van der Waals surface area contributed by atoms with Gasteiger partial charge in [-0.1, -0.05) is 18.7 Å². The maximum atomic E-state index is 12.0. The standard InChI is InChI=1S/C23H34N4O/c1-3-19-20(8-9-21-22(19)26(2)23(28)25-21)18-10-12-27(13-11-18)15-17-6-4-16(14-24)5-7-17/h3,8-9,16-18H,1,4-7,10-15,24H2,2H3,(H,25,28). The van der Waals surface area contributed by atoms with Gasteiger partial charge in [0.05, 0.1) is 11.0 Å². The Hall–Kier alpha value is -1.85. The van der Waals surface area contributed by atoms with Gasteiger partial charge in [0, 0.05) is 19.2 Å². The molecule has 1 aromatic heterocycles. The SMILES string of the molecule is C=Cc1c(C2CCN(CC3CCC(CN)CC3)CC2)ccc2[nH]c(=O)n(C)c12. The highest BCUT2D eigenvalue weighted by Gasteiger charge is 2.27. The van der Waals surface area contributed by atoms with Gasteiger partial charge in [0.2, 0.25) is 0 Å². The molecule has 0 atom stereocenters. The third-order valence-corrected chi connectivity index (χ3v) is 7.18. The lowest BCUT2D eigenvalue weighted by atomic mass is 9.81. The Morgan fingerprint density at radius 1 is 1.14 bits per heavy atom. The number of nitrogens with two attached hydrogens (primary N) is 1. The van der Waals surface area contributed by atoms with Crippen molar-refractivity contribution in [2.45, 2.75) is 44.4 Å². The van der Waals surface area contributed by atoms with Crippen LogP contribution < -0.4 is 11.4 Å². The van der Waals surface area contributed by atoms with Crippen LogP contribution in [0, 0.1) is 11.8 Å². The van der Waals surface area contributed by atoms with Gasteiger partial charge in [-0.05, 0) is 87.5 Å². The van der Waals surface area contributed by atoms with Gasteiger partial charge in [-0.3, -0.25) is 4.57 Å². The van der Waals surface area contributed by atoms with Crippen molar-refractivity contribution in [2.24, 2.45) is 24.6 Å². The Kier molecular flexibility index (Phi) is 5.74. The largest absolute Gasteiger partial charge is 0.330 e. The van der Waals surface area contributed by atoms with Crippen LogP contribution in [0.25, 0.3) is 17.1 Å². The quantitative estimate of drug-likeness (QED) is 0.832. The summed E-state index contributed by atoms with van der Waals surface area (Å²) in [6.07, 6.45) is 9.62. The maximum Gasteiger partial charge on any atom is 0.326 e. The number of aromatic amines is 1. The third-order valence-electron chi connectivity index (χ3n) is 7.18. The van der Waals surface area contributed by atoms with E-state index in [0.717, 1.165) is 35.0 Å². The van der Waals surface area contributed by atoms with E-state index in [0.29, 0.717) is 5.92 Å². The van der Waals surface area contributed by atoms with E-state index in [1.807, 2.05) is 13.1 Å². The molecule has 0 unspecified atom stereocenters. The predicted octanol–water partition coefficient (Wildman–Crippen LogP) is 3.45. The average molecular weight is 383 g/mol. The van der Waals surface area contributed by atoms with Crippen molar-refractivity contribution in [1.29, 1.82) is 0 Å². The molecule has 0 spiro atoms. The van der Waals surface area contributed by atoms with E-state index >= 15 is 0 Å². The normalized spacial score (nSPS) is 24.6. The van der Waals surface area contributed by atoms with E-state index in [4.69, 9.17) is 5.73 Å². The summed E-state index contributed by atoms with van der Waals surface area (Å²) in [4.78, 5) is 17.6. The highest BCUT2D eigenvalue weighted by molar-refractivity contribution is 5.86. The fourth-order valence-electron chi connectivity index (χ4n) is 5.40. The minimum Gasteiger partial charge on any atom is -0.330 e. The van der Waals surface area contributed by atoms with E-state index in [-0.39, 0.29) is 5.69 Å². The molecular formula is C23H34N4O. The van der Waals surface area contributed by atoms with Crippen LogP contribution in [0.2, 0.25) is 0 Å². The van der Waals surface area contributed by atoms with Crippen molar-refractivity contribution in [3.8, 4) is 0 Å². The van der Waals surface area contributed by atoms with Crippen molar-refractivity contribution in [3.63, 3.8) is 0 Å². The van der Waals surface area contributed by atoms with E-state index in [1.54, 1.807) is 4.57 Å². The minimum atomic E-state index is -0.0607. The van der Waals surface area contributed by atoms with E-state index < -0.39 is 0 Å². The number of H-pyrrole nitrogens is 1. The molecule has 1 saturated heterocycles. The topological polar surface area (TPSA) is 67.0 Å². The molecule has 1 aliphatic heterocycles.